The number of benzene rings is 2. The molecule has 0 bridgehead atoms. The molecule has 2 aliphatic heterocycles. The van der Waals surface area contributed by atoms with Gasteiger partial charge in [0.15, 0.2) is 5.82 Å². The van der Waals surface area contributed by atoms with Gasteiger partial charge in [-0.1, -0.05) is 30.3 Å². The van der Waals surface area contributed by atoms with E-state index < -0.39 is 0 Å². The number of hydrogen-bond donors (Lipinski definition) is 2. The fourth-order valence-electron chi connectivity index (χ4n) is 4.02. The van der Waals surface area contributed by atoms with Crippen molar-refractivity contribution in [2.45, 2.75) is 24.3 Å². The summed E-state index contributed by atoms with van der Waals surface area (Å²) in [7, 11) is 1.60. The van der Waals surface area contributed by atoms with E-state index in [0.29, 0.717) is 24.7 Å². The van der Waals surface area contributed by atoms with Crippen LogP contribution in [-0.4, -0.2) is 64.8 Å². The van der Waals surface area contributed by atoms with Crippen LogP contribution in [0.2, 0.25) is 0 Å². The molecule has 0 spiro atoms. The third-order valence-corrected chi connectivity index (χ3v) is 5.53. The van der Waals surface area contributed by atoms with Crippen LogP contribution in [0.5, 0.6) is 5.75 Å². The molecule has 0 saturated carbocycles. The molecule has 4 atom stereocenters. The van der Waals surface area contributed by atoms with Crippen molar-refractivity contribution >= 4 is 11.7 Å². The number of urea groups is 1. The van der Waals surface area contributed by atoms with Gasteiger partial charge in [-0.25, -0.2) is 9.48 Å². The van der Waals surface area contributed by atoms with Crippen LogP contribution in [0.15, 0.2) is 54.6 Å². The molecular formula is C21H22N6O4. The number of amides is 2. The summed E-state index contributed by atoms with van der Waals surface area (Å²) in [4.78, 5) is 12.5. The normalized spacial score (nSPS) is 24.5. The summed E-state index contributed by atoms with van der Waals surface area (Å²) in [5.74, 6) is 1.38. The predicted molar refractivity (Wildman–Crippen MR) is 111 cm³/mol. The van der Waals surface area contributed by atoms with Crippen molar-refractivity contribution in [2.75, 3.05) is 25.6 Å². The molecule has 3 aromatic rings. The molecule has 2 amide bonds. The van der Waals surface area contributed by atoms with Gasteiger partial charge >= 0.3 is 6.03 Å². The van der Waals surface area contributed by atoms with Gasteiger partial charge in [-0.2, -0.15) is 0 Å². The maximum absolute atomic E-state index is 12.5. The van der Waals surface area contributed by atoms with Crippen LogP contribution >= 0.6 is 0 Å². The molecule has 2 saturated heterocycles. The average Bonchev–Trinajstić information content (AvgIpc) is 3.52. The van der Waals surface area contributed by atoms with Crippen molar-refractivity contribution in [3.05, 3.63) is 54.6 Å². The minimum Gasteiger partial charge on any atom is -0.497 e. The molecule has 0 aliphatic carbocycles. The summed E-state index contributed by atoms with van der Waals surface area (Å²) in [6.45, 7) is 0.753. The average molecular weight is 422 g/mol. The minimum absolute atomic E-state index is 0.174. The highest BCUT2D eigenvalue weighted by Crippen LogP contribution is 2.35. The Labute approximate surface area is 178 Å². The number of nitrogens with one attached hydrogen (secondary N) is 2. The molecule has 5 rings (SSSR count). The van der Waals surface area contributed by atoms with E-state index in [-0.39, 0.29) is 30.3 Å². The highest BCUT2D eigenvalue weighted by atomic mass is 16.6. The Hall–Kier alpha value is -3.50. The van der Waals surface area contributed by atoms with Gasteiger partial charge in [0.2, 0.25) is 0 Å². The van der Waals surface area contributed by atoms with Crippen LogP contribution in [0.4, 0.5) is 10.5 Å². The summed E-state index contributed by atoms with van der Waals surface area (Å²) in [6, 6.07) is 16.1. The third kappa shape index (κ3) is 3.82. The highest BCUT2D eigenvalue weighted by Gasteiger charge is 2.50. The van der Waals surface area contributed by atoms with Gasteiger partial charge in [0, 0.05) is 11.3 Å². The first-order chi connectivity index (χ1) is 15.2. The molecule has 0 unspecified atom stereocenters. The number of methoxy groups -OCH3 is 1. The van der Waals surface area contributed by atoms with E-state index in [1.54, 1.807) is 36.1 Å². The van der Waals surface area contributed by atoms with Crippen LogP contribution in [0.1, 0.15) is 6.04 Å². The predicted octanol–water partition coefficient (Wildman–Crippen LogP) is 1.88. The van der Waals surface area contributed by atoms with Crippen molar-refractivity contribution in [3.8, 4) is 17.1 Å². The van der Waals surface area contributed by atoms with Crippen LogP contribution in [0.3, 0.4) is 0 Å². The van der Waals surface area contributed by atoms with E-state index in [2.05, 4.69) is 26.2 Å². The largest absolute Gasteiger partial charge is 0.497 e. The molecule has 2 fully saturated rings. The number of anilines is 1. The van der Waals surface area contributed by atoms with Crippen molar-refractivity contribution in [1.82, 2.24) is 25.5 Å². The molecule has 10 nitrogen and oxygen atoms in total. The van der Waals surface area contributed by atoms with Crippen molar-refractivity contribution in [1.29, 1.82) is 0 Å². The van der Waals surface area contributed by atoms with Gasteiger partial charge in [0.1, 0.15) is 24.0 Å². The quantitative estimate of drug-likeness (QED) is 0.646. The Bertz CT molecular complexity index is 1040. The summed E-state index contributed by atoms with van der Waals surface area (Å²) < 4.78 is 18.9. The van der Waals surface area contributed by atoms with E-state index in [0.717, 1.165) is 11.3 Å². The maximum atomic E-state index is 12.5. The molecule has 1 aromatic heterocycles. The smallest absolute Gasteiger partial charge is 0.319 e. The molecular weight excluding hydrogens is 400 g/mol. The topological polar surface area (TPSA) is 112 Å². The molecule has 0 radical (unpaired) electrons. The second-order valence-corrected chi connectivity index (χ2v) is 7.41. The zero-order chi connectivity index (χ0) is 21.2. The Morgan fingerprint density at radius 3 is 2.61 bits per heavy atom. The number of carbonyl (C=O) groups excluding carboxylic acids is 1. The van der Waals surface area contributed by atoms with Gasteiger partial charge in [-0.05, 0) is 34.7 Å². The van der Waals surface area contributed by atoms with Gasteiger partial charge in [0.05, 0.1) is 26.4 Å². The molecule has 3 heterocycles. The molecule has 10 heteroatoms. The van der Waals surface area contributed by atoms with Crippen molar-refractivity contribution in [2.24, 2.45) is 0 Å². The standard InChI is InChI=1S/C21H22N6O4/c1-29-15-9-7-14(8-10-15)22-21(28)23-16-11-30-19-17(12-31-18(16)19)27-20(24-25-26-27)13-5-3-2-4-6-13/h2-10,16-19H,11-12H2,1H3,(H2,22,23,28)/t16-,17+,18-,19+/m1/s1. The summed E-state index contributed by atoms with van der Waals surface area (Å²) >= 11 is 0. The molecule has 31 heavy (non-hydrogen) atoms. The number of fused-ring (bicyclic) bond motifs is 1. The number of carbonyl (C=O) groups is 1. The Morgan fingerprint density at radius 2 is 1.84 bits per heavy atom. The SMILES string of the molecule is COc1ccc(NC(=O)N[C@@H]2CO[C@@H]3[C@@H]2OC[C@@H]3n2nnnc2-c2ccccc2)cc1. The van der Waals surface area contributed by atoms with E-state index in [4.69, 9.17) is 14.2 Å². The summed E-state index contributed by atoms with van der Waals surface area (Å²) in [5, 5.41) is 18.0. The minimum atomic E-state index is -0.320. The first-order valence-corrected chi connectivity index (χ1v) is 10.0. The number of rotatable bonds is 5. The van der Waals surface area contributed by atoms with E-state index in [9.17, 15) is 4.79 Å². The summed E-state index contributed by atoms with van der Waals surface area (Å²) in [6.07, 6.45) is -0.531. The Kier molecular flexibility index (Phi) is 5.23. The van der Waals surface area contributed by atoms with Gasteiger partial charge in [-0.15, -0.1) is 5.10 Å². The molecule has 2 N–H and O–H groups in total. The van der Waals surface area contributed by atoms with Gasteiger partial charge in [-0.3, -0.25) is 0 Å². The lowest BCUT2D eigenvalue weighted by Gasteiger charge is -2.18. The Balaban J connectivity index is 1.24. The van der Waals surface area contributed by atoms with Crippen molar-refractivity contribution in [3.63, 3.8) is 0 Å². The molecule has 2 aromatic carbocycles. The van der Waals surface area contributed by atoms with Crippen LogP contribution in [0.25, 0.3) is 11.4 Å². The molecule has 2 aliphatic rings. The van der Waals surface area contributed by atoms with Crippen LogP contribution in [0, 0.1) is 0 Å². The maximum Gasteiger partial charge on any atom is 0.319 e. The second kappa shape index (κ2) is 8.32. The molecule has 160 valence electrons. The van der Waals surface area contributed by atoms with E-state index in [1.165, 1.54) is 0 Å². The van der Waals surface area contributed by atoms with Crippen LogP contribution in [-0.2, 0) is 9.47 Å². The zero-order valence-corrected chi connectivity index (χ0v) is 16.8. The van der Waals surface area contributed by atoms with E-state index >= 15 is 0 Å². The number of tetrazole rings is 1. The lowest BCUT2D eigenvalue weighted by molar-refractivity contribution is 0.0624. The summed E-state index contributed by atoms with van der Waals surface area (Å²) in [5.41, 5.74) is 1.59. The van der Waals surface area contributed by atoms with Crippen LogP contribution < -0.4 is 15.4 Å². The van der Waals surface area contributed by atoms with Gasteiger partial charge < -0.3 is 24.8 Å². The van der Waals surface area contributed by atoms with Gasteiger partial charge in [0.25, 0.3) is 0 Å². The lowest BCUT2D eigenvalue weighted by Crippen LogP contribution is -2.45. The fourth-order valence-corrected chi connectivity index (χ4v) is 4.02. The highest BCUT2D eigenvalue weighted by molar-refractivity contribution is 5.89. The number of hydrogen-bond acceptors (Lipinski definition) is 7. The zero-order valence-electron chi connectivity index (χ0n) is 16.8. The fraction of sp³-hybridized carbons (Fsp3) is 0.333. The van der Waals surface area contributed by atoms with E-state index in [1.807, 2.05) is 30.3 Å². The monoisotopic (exact) mass is 422 g/mol. The Morgan fingerprint density at radius 1 is 1.06 bits per heavy atom. The number of ether oxygens (including phenoxy) is 3. The number of aromatic nitrogens is 4. The second-order valence-electron chi connectivity index (χ2n) is 7.41. The third-order valence-electron chi connectivity index (χ3n) is 5.53. The number of nitrogens with zero attached hydrogens (tertiary/aromatic N) is 4. The van der Waals surface area contributed by atoms with Crippen molar-refractivity contribution < 1.29 is 19.0 Å². The first-order valence-electron chi connectivity index (χ1n) is 10.0. The first kappa shape index (κ1) is 19.5. The lowest BCUT2D eigenvalue weighted by atomic mass is 10.1.